The molecule has 0 saturated heterocycles. The van der Waals surface area contributed by atoms with E-state index in [0.717, 1.165) is 25.1 Å². The fourth-order valence-corrected chi connectivity index (χ4v) is 2.31. The van der Waals surface area contributed by atoms with Crippen LogP contribution in [0.15, 0.2) is 60.7 Å². The van der Waals surface area contributed by atoms with E-state index in [2.05, 4.69) is 42.3 Å². The molecule has 0 aliphatic rings. The zero-order valence-corrected chi connectivity index (χ0v) is 11.9. The lowest BCUT2D eigenvalue weighted by molar-refractivity contribution is 0.318. The van der Waals surface area contributed by atoms with Crippen LogP contribution in [-0.2, 0) is 6.54 Å². The SMILES string of the molecule is CN(CCC(C#N)c1ccccc1)Cc1ccccc1. The van der Waals surface area contributed by atoms with Crippen LogP contribution in [0.25, 0.3) is 0 Å². The highest BCUT2D eigenvalue weighted by Crippen LogP contribution is 2.19. The number of nitriles is 1. The Kier molecular flexibility index (Phi) is 5.34. The Labute approximate surface area is 121 Å². The van der Waals surface area contributed by atoms with Crippen molar-refractivity contribution >= 4 is 0 Å². The summed E-state index contributed by atoms with van der Waals surface area (Å²) < 4.78 is 0. The summed E-state index contributed by atoms with van der Waals surface area (Å²) in [6.07, 6.45) is 0.865. The van der Waals surface area contributed by atoms with Crippen LogP contribution >= 0.6 is 0 Å². The van der Waals surface area contributed by atoms with Crippen molar-refractivity contribution in [1.82, 2.24) is 4.90 Å². The topological polar surface area (TPSA) is 27.0 Å². The van der Waals surface area contributed by atoms with Gasteiger partial charge in [-0.15, -0.1) is 0 Å². The molecular weight excluding hydrogens is 244 g/mol. The first-order valence-electron chi connectivity index (χ1n) is 6.96. The summed E-state index contributed by atoms with van der Waals surface area (Å²) in [6, 6.07) is 22.9. The molecule has 2 aromatic rings. The highest BCUT2D eigenvalue weighted by molar-refractivity contribution is 5.24. The summed E-state index contributed by atoms with van der Waals surface area (Å²) in [5.41, 5.74) is 2.42. The molecule has 0 spiro atoms. The second-order valence-electron chi connectivity index (χ2n) is 5.10. The summed E-state index contributed by atoms with van der Waals surface area (Å²) in [4.78, 5) is 2.27. The van der Waals surface area contributed by atoms with E-state index in [4.69, 9.17) is 0 Å². The summed E-state index contributed by atoms with van der Waals surface area (Å²) in [5.74, 6) is -0.0191. The second kappa shape index (κ2) is 7.47. The zero-order chi connectivity index (χ0) is 14.2. The van der Waals surface area contributed by atoms with Crippen molar-refractivity contribution in [3.05, 3.63) is 71.8 Å². The first-order valence-corrected chi connectivity index (χ1v) is 6.96. The molecule has 20 heavy (non-hydrogen) atoms. The van der Waals surface area contributed by atoms with Gasteiger partial charge in [0.15, 0.2) is 0 Å². The Morgan fingerprint density at radius 3 is 2.20 bits per heavy atom. The maximum atomic E-state index is 9.31. The smallest absolute Gasteiger partial charge is 0.0724 e. The van der Waals surface area contributed by atoms with E-state index in [1.54, 1.807) is 0 Å². The van der Waals surface area contributed by atoms with E-state index in [1.165, 1.54) is 5.56 Å². The fourth-order valence-electron chi connectivity index (χ4n) is 2.31. The molecule has 0 radical (unpaired) electrons. The summed E-state index contributed by atoms with van der Waals surface area (Å²) in [5, 5.41) is 9.31. The first kappa shape index (κ1) is 14.3. The Morgan fingerprint density at radius 2 is 1.60 bits per heavy atom. The highest BCUT2D eigenvalue weighted by atomic mass is 15.1. The van der Waals surface area contributed by atoms with Crippen molar-refractivity contribution in [2.24, 2.45) is 0 Å². The van der Waals surface area contributed by atoms with E-state index in [0.29, 0.717) is 0 Å². The highest BCUT2D eigenvalue weighted by Gasteiger charge is 2.11. The van der Waals surface area contributed by atoms with Crippen molar-refractivity contribution in [3.8, 4) is 6.07 Å². The van der Waals surface area contributed by atoms with Gasteiger partial charge in [0.05, 0.1) is 12.0 Å². The third-order valence-electron chi connectivity index (χ3n) is 3.45. The monoisotopic (exact) mass is 264 g/mol. The van der Waals surface area contributed by atoms with Crippen LogP contribution in [-0.4, -0.2) is 18.5 Å². The van der Waals surface area contributed by atoms with Crippen molar-refractivity contribution in [3.63, 3.8) is 0 Å². The number of benzene rings is 2. The predicted molar refractivity (Wildman–Crippen MR) is 82.2 cm³/mol. The minimum atomic E-state index is -0.0191. The van der Waals surface area contributed by atoms with Gasteiger partial charge in [0.25, 0.3) is 0 Å². The molecule has 102 valence electrons. The van der Waals surface area contributed by atoms with Crippen molar-refractivity contribution in [2.75, 3.05) is 13.6 Å². The Hall–Kier alpha value is -2.11. The average molecular weight is 264 g/mol. The van der Waals surface area contributed by atoms with Crippen LogP contribution < -0.4 is 0 Å². The number of nitrogens with zero attached hydrogens (tertiary/aromatic N) is 2. The van der Waals surface area contributed by atoms with Gasteiger partial charge in [-0.25, -0.2) is 0 Å². The normalized spacial score (nSPS) is 12.1. The molecular formula is C18H20N2. The molecule has 0 aliphatic heterocycles. The van der Waals surface area contributed by atoms with E-state index < -0.39 is 0 Å². The maximum absolute atomic E-state index is 9.31. The molecule has 0 amide bonds. The zero-order valence-electron chi connectivity index (χ0n) is 11.9. The minimum Gasteiger partial charge on any atom is -0.302 e. The molecule has 2 heteroatoms. The van der Waals surface area contributed by atoms with Crippen molar-refractivity contribution in [2.45, 2.75) is 18.9 Å². The Morgan fingerprint density at radius 1 is 1.00 bits per heavy atom. The molecule has 2 aromatic carbocycles. The van der Waals surface area contributed by atoms with Gasteiger partial charge in [0, 0.05) is 6.54 Å². The van der Waals surface area contributed by atoms with Gasteiger partial charge >= 0.3 is 0 Å². The van der Waals surface area contributed by atoms with Crippen LogP contribution in [0.1, 0.15) is 23.5 Å². The van der Waals surface area contributed by atoms with E-state index in [1.807, 2.05) is 36.4 Å². The van der Waals surface area contributed by atoms with Crippen LogP contribution in [0.5, 0.6) is 0 Å². The second-order valence-corrected chi connectivity index (χ2v) is 5.10. The molecule has 2 nitrogen and oxygen atoms in total. The van der Waals surface area contributed by atoms with E-state index in [-0.39, 0.29) is 5.92 Å². The summed E-state index contributed by atoms with van der Waals surface area (Å²) in [7, 11) is 2.10. The van der Waals surface area contributed by atoms with Crippen LogP contribution in [0, 0.1) is 11.3 Å². The number of rotatable bonds is 6. The van der Waals surface area contributed by atoms with Crippen LogP contribution in [0.3, 0.4) is 0 Å². The Bertz CT molecular complexity index is 543. The maximum Gasteiger partial charge on any atom is 0.0724 e. The lowest BCUT2D eigenvalue weighted by atomic mass is 9.97. The molecule has 1 atom stereocenters. The van der Waals surface area contributed by atoms with E-state index in [9.17, 15) is 5.26 Å². The lowest BCUT2D eigenvalue weighted by Crippen LogP contribution is -2.20. The van der Waals surface area contributed by atoms with Gasteiger partial charge in [0.1, 0.15) is 0 Å². The van der Waals surface area contributed by atoms with Gasteiger partial charge in [0.2, 0.25) is 0 Å². The molecule has 0 aliphatic carbocycles. The molecule has 0 heterocycles. The number of hydrogen-bond donors (Lipinski definition) is 0. The van der Waals surface area contributed by atoms with Gasteiger partial charge in [-0.1, -0.05) is 60.7 Å². The van der Waals surface area contributed by atoms with Gasteiger partial charge < -0.3 is 4.90 Å². The van der Waals surface area contributed by atoms with Crippen molar-refractivity contribution < 1.29 is 0 Å². The standard InChI is InChI=1S/C18H20N2/c1-20(15-16-8-4-2-5-9-16)13-12-18(14-19)17-10-6-3-7-11-17/h2-11,18H,12-13,15H2,1H3. The molecule has 0 fully saturated rings. The van der Waals surface area contributed by atoms with Gasteiger partial charge in [-0.2, -0.15) is 5.26 Å². The van der Waals surface area contributed by atoms with Gasteiger partial charge in [-0.05, 0) is 31.1 Å². The fraction of sp³-hybridized carbons (Fsp3) is 0.278. The predicted octanol–water partition coefficient (Wildman–Crippen LogP) is 3.82. The molecule has 0 bridgehead atoms. The largest absolute Gasteiger partial charge is 0.302 e. The third-order valence-corrected chi connectivity index (χ3v) is 3.45. The number of hydrogen-bond acceptors (Lipinski definition) is 2. The minimum absolute atomic E-state index is 0.0191. The van der Waals surface area contributed by atoms with Gasteiger partial charge in [-0.3, -0.25) is 0 Å². The van der Waals surface area contributed by atoms with Crippen LogP contribution in [0.2, 0.25) is 0 Å². The molecule has 0 saturated carbocycles. The third kappa shape index (κ3) is 4.22. The first-order chi connectivity index (χ1) is 9.79. The summed E-state index contributed by atoms with van der Waals surface area (Å²) >= 11 is 0. The molecule has 0 N–H and O–H groups in total. The summed E-state index contributed by atoms with van der Waals surface area (Å²) in [6.45, 7) is 1.84. The van der Waals surface area contributed by atoms with Crippen molar-refractivity contribution in [1.29, 1.82) is 5.26 Å². The average Bonchev–Trinajstić information content (AvgIpc) is 2.50. The quantitative estimate of drug-likeness (QED) is 0.793. The molecule has 0 aromatic heterocycles. The molecule has 1 unspecified atom stereocenters. The Balaban J connectivity index is 1.86. The van der Waals surface area contributed by atoms with E-state index >= 15 is 0 Å². The molecule has 2 rings (SSSR count). The lowest BCUT2D eigenvalue weighted by Gasteiger charge is -2.18. The van der Waals surface area contributed by atoms with Crippen LogP contribution in [0.4, 0.5) is 0 Å².